The molecular weight excluding hydrogens is 568 g/mol. The van der Waals surface area contributed by atoms with Gasteiger partial charge in [-0.15, -0.1) is 0 Å². The van der Waals surface area contributed by atoms with Crippen LogP contribution in [0.1, 0.15) is 27.8 Å². The van der Waals surface area contributed by atoms with Crippen molar-refractivity contribution in [1.82, 2.24) is 5.32 Å². The minimum absolute atomic E-state index is 0.200. The molecule has 1 fully saturated rings. The zero-order chi connectivity index (χ0) is 30.5. The van der Waals surface area contributed by atoms with Crippen LogP contribution in [0.3, 0.4) is 0 Å². The van der Waals surface area contributed by atoms with Crippen molar-refractivity contribution in [2.24, 2.45) is 0 Å². The van der Waals surface area contributed by atoms with Crippen molar-refractivity contribution in [2.45, 2.75) is 27.1 Å². The number of carbonyl (C=O) groups excluding carboxylic acids is 3. The summed E-state index contributed by atoms with van der Waals surface area (Å²) in [7, 11) is 1.51. The summed E-state index contributed by atoms with van der Waals surface area (Å²) in [5.41, 5.74) is 4.94. The Morgan fingerprint density at radius 3 is 2.16 bits per heavy atom. The fourth-order valence-corrected chi connectivity index (χ4v) is 4.57. The molecule has 1 saturated heterocycles. The van der Waals surface area contributed by atoms with Gasteiger partial charge in [0.05, 0.1) is 12.8 Å². The highest BCUT2D eigenvalue weighted by atomic mass is 35.5. The first-order valence-electron chi connectivity index (χ1n) is 13.5. The molecule has 0 unspecified atom stereocenters. The quantitative estimate of drug-likeness (QED) is 0.169. The van der Waals surface area contributed by atoms with E-state index in [9.17, 15) is 14.4 Å². The predicted octanol–water partition coefficient (Wildman–Crippen LogP) is 6.79. The Labute approximate surface area is 254 Å². The van der Waals surface area contributed by atoms with Gasteiger partial charge >= 0.3 is 6.03 Å². The van der Waals surface area contributed by atoms with Gasteiger partial charge in [-0.25, -0.2) is 9.69 Å². The van der Waals surface area contributed by atoms with Gasteiger partial charge in [-0.1, -0.05) is 48.0 Å². The van der Waals surface area contributed by atoms with Crippen molar-refractivity contribution < 1.29 is 28.6 Å². The number of imide groups is 2. The van der Waals surface area contributed by atoms with E-state index in [4.69, 9.17) is 25.8 Å². The molecule has 4 amide bonds. The van der Waals surface area contributed by atoms with Crippen LogP contribution in [-0.2, 0) is 22.8 Å². The average Bonchev–Trinajstić information content (AvgIpc) is 3.00. The van der Waals surface area contributed by atoms with Gasteiger partial charge in [-0.3, -0.25) is 14.9 Å². The molecule has 0 bridgehead atoms. The number of methoxy groups -OCH3 is 1. The number of nitrogens with zero attached hydrogens (tertiary/aromatic N) is 1. The molecule has 4 aromatic carbocycles. The summed E-state index contributed by atoms with van der Waals surface area (Å²) in [4.78, 5) is 39.7. The van der Waals surface area contributed by atoms with Crippen LogP contribution in [0.25, 0.3) is 6.08 Å². The van der Waals surface area contributed by atoms with Crippen LogP contribution in [0, 0.1) is 13.8 Å². The fraction of sp³-hybridized carbons (Fsp3) is 0.147. The Bertz CT molecular complexity index is 1710. The smallest absolute Gasteiger partial charge is 0.335 e. The molecule has 218 valence electrons. The van der Waals surface area contributed by atoms with Crippen LogP contribution < -0.4 is 24.4 Å². The molecule has 0 spiro atoms. The normalized spacial score (nSPS) is 14.1. The van der Waals surface area contributed by atoms with Crippen LogP contribution >= 0.6 is 11.6 Å². The largest absolute Gasteiger partial charge is 0.493 e. The summed E-state index contributed by atoms with van der Waals surface area (Å²) in [5.74, 6) is -0.0513. The van der Waals surface area contributed by atoms with Gasteiger partial charge in [0.15, 0.2) is 11.5 Å². The van der Waals surface area contributed by atoms with Gasteiger partial charge in [-0.05, 0) is 96.3 Å². The second-order valence-electron chi connectivity index (χ2n) is 9.98. The standard InChI is InChI=1S/C34H29ClN2O6/c1-21-4-5-25(16-22(21)2)20-43-30-15-8-24(18-31(30)41-3)17-29-32(38)36-34(40)37(33(29)39)27-11-13-28(14-12-27)42-19-23-6-9-26(35)10-7-23/h4-18H,19-20H2,1-3H3,(H,36,38,40)/b29-17+. The Balaban J connectivity index is 1.30. The van der Waals surface area contributed by atoms with E-state index in [1.807, 2.05) is 31.2 Å². The molecule has 0 saturated carbocycles. The van der Waals surface area contributed by atoms with Crippen molar-refractivity contribution in [3.05, 3.63) is 123 Å². The maximum atomic E-state index is 13.4. The number of ether oxygens (including phenoxy) is 3. The highest BCUT2D eigenvalue weighted by molar-refractivity contribution is 6.39. The van der Waals surface area contributed by atoms with Crippen molar-refractivity contribution in [2.75, 3.05) is 12.0 Å². The third-order valence-corrected chi connectivity index (χ3v) is 7.23. The number of rotatable bonds is 9. The van der Waals surface area contributed by atoms with E-state index < -0.39 is 17.8 Å². The summed E-state index contributed by atoms with van der Waals surface area (Å²) in [6, 6.07) is 24.1. The van der Waals surface area contributed by atoms with Crippen LogP contribution in [0.2, 0.25) is 5.02 Å². The third-order valence-electron chi connectivity index (χ3n) is 6.98. The van der Waals surface area contributed by atoms with Crippen molar-refractivity contribution >= 4 is 41.2 Å². The van der Waals surface area contributed by atoms with Crippen LogP contribution in [0.5, 0.6) is 17.2 Å². The molecule has 43 heavy (non-hydrogen) atoms. The van der Waals surface area contributed by atoms with Crippen LogP contribution in [-0.4, -0.2) is 25.0 Å². The summed E-state index contributed by atoms with van der Waals surface area (Å²) in [6.07, 6.45) is 1.41. The second-order valence-corrected chi connectivity index (χ2v) is 10.4. The number of benzene rings is 4. The second kappa shape index (κ2) is 12.8. The predicted molar refractivity (Wildman–Crippen MR) is 164 cm³/mol. The summed E-state index contributed by atoms with van der Waals surface area (Å²) in [5, 5.41) is 2.88. The molecule has 0 radical (unpaired) electrons. The highest BCUT2D eigenvalue weighted by Gasteiger charge is 2.36. The Morgan fingerprint density at radius 2 is 1.47 bits per heavy atom. The number of carbonyl (C=O) groups is 3. The average molecular weight is 597 g/mol. The maximum Gasteiger partial charge on any atom is 0.335 e. The molecule has 8 nitrogen and oxygen atoms in total. The molecule has 1 aliphatic rings. The van der Waals surface area contributed by atoms with Gasteiger partial charge in [0.1, 0.15) is 24.5 Å². The number of aryl methyl sites for hydroxylation is 2. The van der Waals surface area contributed by atoms with Gasteiger partial charge in [0.25, 0.3) is 11.8 Å². The van der Waals surface area contributed by atoms with E-state index in [0.29, 0.717) is 41.0 Å². The first kappa shape index (κ1) is 29.4. The molecule has 9 heteroatoms. The Hall–Kier alpha value is -5.08. The monoisotopic (exact) mass is 596 g/mol. The number of amides is 4. The molecule has 1 heterocycles. The number of hydrogen-bond acceptors (Lipinski definition) is 6. The van der Waals surface area contributed by atoms with Crippen LogP contribution in [0.4, 0.5) is 10.5 Å². The van der Waals surface area contributed by atoms with Crippen molar-refractivity contribution in [1.29, 1.82) is 0 Å². The topological polar surface area (TPSA) is 94.2 Å². The molecule has 0 atom stereocenters. The number of barbiturate groups is 1. The zero-order valence-corrected chi connectivity index (χ0v) is 24.6. The lowest BCUT2D eigenvalue weighted by atomic mass is 10.1. The fourth-order valence-electron chi connectivity index (χ4n) is 4.44. The van der Waals surface area contributed by atoms with Crippen molar-refractivity contribution in [3.8, 4) is 17.2 Å². The van der Waals surface area contributed by atoms with E-state index in [1.54, 1.807) is 54.6 Å². The molecule has 1 N–H and O–H groups in total. The number of urea groups is 1. The van der Waals surface area contributed by atoms with E-state index in [0.717, 1.165) is 16.0 Å². The van der Waals surface area contributed by atoms with Gasteiger partial charge in [0, 0.05) is 5.02 Å². The first-order valence-corrected chi connectivity index (χ1v) is 13.9. The van der Waals surface area contributed by atoms with Gasteiger partial charge in [0.2, 0.25) is 0 Å². The first-order chi connectivity index (χ1) is 20.7. The van der Waals surface area contributed by atoms with E-state index in [1.165, 1.54) is 24.3 Å². The molecule has 1 aliphatic heterocycles. The van der Waals surface area contributed by atoms with E-state index in [-0.39, 0.29) is 11.3 Å². The minimum Gasteiger partial charge on any atom is -0.493 e. The van der Waals surface area contributed by atoms with E-state index >= 15 is 0 Å². The number of nitrogens with one attached hydrogen (secondary N) is 1. The Kier molecular flexibility index (Phi) is 8.78. The Morgan fingerprint density at radius 1 is 0.767 bits per heavy atom. The van der Waals surface area contributed by atoms with Gasteiger partial charge < -0.3 is 14.2 Å². The summed E-state index contributed by atoms with van der Waals surface area (Å²) >= 11 is 5.93. The molecule has 0 aromatic heterocycles. The highest BCUT2D eigenvalue weighted by Crippen LogP contribution is 2.31. The number of anilines is 1. The number of halogens is 1. The molecule has 4 aromatic rings. The summed E-state index contributed by atoms with van der Waals surface area (Å²) < 4.78 is 17.3. The van der Waals surface area contributed by atoms with Crippen LogP contribution in [0.15, 0.2) is 90.5 Å². The molecule has 0 aliphatic carbocycles. The molecule has 5 rings (SSSR count). The minimum atomic E-state index is -0.838. The lowest BCUT2D eigenvalue weighted by molar-refractivity contribution is -0.122. The summed E-state index contributed by atoms with van der Waals surface area (Å²) in [6.45, 7) is 4.77. The lowest BCUT2D eigenvalue weighted by Gasteiger charge is -2.26. The van der Waals surface area contributed by atoms with Crippen molar-refractivity contribution in [3.63, 3.8) is 0 Å². The molecular formula is C34H29ClN2O6. The lowest BCUT2D eigenvalue weighted by Crippen LogP contribution is -2.54. The number of hydrogen-bond donors (Lipinski definition) is 1. The SMILES string of the molecule is COc1cc(/C=C2\C(=O)NC(=O)N(c3ccc(OCc4ccc(Cl)cc4)cc3)C2=O)ccc1OCc1ccc(C)c(C)c1. The van der Waals surface area contributed by atoms with Gasteiger partial charge in [-0.2, -0.15) is 0 Å². The zero-order valence-electron chi connectivity index (χ0n) is 23.8. The third kappa shape index (κ3) is 6.88. The maximum absolute atomic E-state index is 13.4. The van der Waals surface area contributed by atoms with E-state index in [2.05, 4.69) is 18.3 Å².